The molecule has 0 aromatic rings. The minimum atomic E-state index is -0.802. The van der Waals surface area contributed by atoms with Gasteiger partial charge in [0.1, 0.15) is 0 Å². The molecule has 1 saturated heterocycles. The molecule has 1 fully saturated rings. The molecule has 1 amide bonds. The third-order valence-corrected chi connectivity index (χ3v) is 2.22. The number of nitrogens with two attached hydrogens (primary N) is 1. The van der Waals surface area contributed by atoms with Crippen molar-refractivity contribution in [3.8, 4) is 0 Å². The van der Waals surface area contributed by atoms with Crippen LogP contribution in [0.1, 0.15) is 12.8 Å². The summed E-state index contributed by atoms with van der Waals surface area (Å²) in [4.78, 5) is 10.8. The van der Waals surface area contributed by atoms with E-state index >= 15 is 0 Å². The van der Waals surface area contributed by atoms with Crippen molar-refractivity contribution in [2.24, 2.45) is 5.73 Å². The number of hydrogen-bond acceptors (Lipinski definition) is 4. The fourth-order valence-electron chi connectivity index (χ4n) is 1.26. The first-order valence-electron chi connectivity index (χ1n) is 4.43. The molecule has 0 aromatic carbocycles. The summed E-state index contributed by atoms with van der Waals surface area (Å²) in [6, 6.07) is 0. The summed E-state index contributed by atoms with van der Waals surface area (Å²) in [6.07, 6.45) is 1.13. The molecule has 0 unspecified atom stereocenters. The van der Waals surface area contributed by atoms with E-state index in [2.05, 4.69) is 5.32 Å². The van der Waals surface area contributed by atoms with Crippen molar-refractivity contribution in [2.45, 2.75) is 18.4 Å². The normalized spacial score (nSPS) is 21.1. The average molecular weight is 188 g/mol. The van der Waals surface area contributed by atoms with E-state index in [1.165, 1.54) is 0 Å². The van der Waals surface area contributed by atoms with Crippen LogP contribution in [-0.2, 0) is 9.53 Å². The van der Waals surface area contributed by atoms with E-state index in [1.807, 2.05) is 0 Å². The van der Waals surface area contributed by atoms with Gasteiger partial charge in [0.15, 0.2) is 0 Å². The molecule has 76 valence electrons. The van der Waals surface area contributed by atoms with Crippen LogP contribution in [0, 0.1) is 0 Å². The van der Waals surface area contributed by atoms with Crippen LogP contribution in [0.15, 0.2) is 0 Å². The number of carbonyl (C=O) groups excluding carboxylic acids is 1. The van der Waals surface area contributed by atoms with Crippen molar-refractivity contribution < 1.29 is 14.6 Å². The van der Waals surface area contributed by atoms with Crippen LogP contribution in [0.4, 0.5) is 0 Å². The highest BCUT2D eigenvalue weighted by molar-refractivity contribution is 5.77. The van der Waals surface area contributed by atoms with Gasteiger partial charge in [-0.3, -0.25) is 4.79 Å². The van der Waals surface area contributed by atoms with Crippen LogP contribution >= 0.6 is 0 Å². The largest absolute Gasteiger partial charge is 0.388 e. The molecule has 5 heteroatoms. The molecule has 1 aliphatic rings. The zero-order valence-electron chi connectivity index (χ0n) is 7.58. The summed E-state index contributed by atoms with van der Waals surface area (Å²) in [7, 11) is 0. The predicted octanol–water partition coefficient (Wildman–Crippen LogP) is -1.40. The van der Waals surface area contributed by atoms with Crippen molar-refractivity contribution in [3.05, 3.63) is 0 Å². The molecule has 1 heterocycles. The molecule has 0 radical (unpaired) electrons. The molecular formula is C8H16N2O3. The van der Waals surface area contributed by atoms with Crippen LogP contribution in [0.25, 0.3) is 0 Å². The predicted molar refractivity (Wildman–Crippen MR) is 47.1 cm³/mol. The van der Waals surface area contributed by atoms with E-state index in [-0.39, 0.29) is 19.0 Å². The molecule has 0 saturated carbocycles. The van der Waals surface area contributed by atoms with Crippen molar-refractivity contribution in [1.82, 2.24) is 5.32 Å². The molecular weight excluding hydrogens is 172 g/mol. The summed E-state index contributed by atoms with van der Waals surface area (Å²) >= 11 is 0. The van der Waals surface area contributed by atoms with Crippen LogP contribution in [-0.4, -0.2) is 42.9 Å². The number of hydrogen-bond donors (Lipinski definition) is 3. The van der Waals surface area contributed by atoms with E-state index in [9.17, 15) is 9.90 Å². The Balaban J connectivity index is 2.28. The van der Waals surface area contributed by atoms with Gasteiger partial charge in [-0.25, -0.2) is 0 Å². The van der Waals surface area contributed by atoms with Gasteiger partial charge in [0.25, 0.3) is 0 Å². The minimum Gasteiger partial charge on any atom is -0.388 e. The zero-order valence-corrected chi connectivity index (χ0v) is 7.58. The van der Waals surface area contributed by atoms with Crippen LogP contribution in [0.5, 0.6) is 0 Å². The van der Waals surface area contributed by atoms with Crippen LogP contribution in [0.2, 0.25) is 0 Å². The minimum absolute atomic E-state index is 0.0351. The van der Waals surface area contributed by atoms with Crippen molar-refractivity contribution in [3.63, 3.8) is 0 Å². The highest BCUT2D eigenvalue weighted by Gasteiger charge is 2.29. The van der Waals surface area contributed by atoms with Crippen molar-refractivity contribution in [2.75, 3.05) is 26.3 Å². The molecule has 13 heavy (non-hydrogen) atoms. The summed E-state index contributed by atoms with van der Waals surface area (Å²) in [5.74, 6) is -0.236. The Hall–Kier alpha value is -0.650. The Kier molecular flexibility index (Phi) is 3.65. The first-order chi connectivity index (χ1) is 6.16. The molecule has 0 aromatic heterocycles. The summed E-state index contributed by atoms with van der Waals surface area (Å²) in [5, 5.41) is 12.5. The van der Waals surface area contributed by atoms with E-state index in [0.717, 1.165) is 0 Å². The quantitative estimate of drug-likeness (QED) is 0.508. The molecule has 1 rings (SSSR count). The fourth-order valence-corrected chi connectivity index (χ4v) is 1.26. The number of carbonyl (C=O) groups is 1. The van der Waals surface area contributed by atoms with Gasteiger partial charge in [-0.1, -0.05) is 0 Å². The van der Waals surface area contributed by atoms with E-state index in [1.54, 1.807) is 0 Å². The van der Waals surface area contributed by atoms with Crippen LogP contribution < -0.4 is 11.1 Å². The lowest BCUT2D eigenvalue weighted by atomic mass is 9.94. The van der Waals surface area contributed by atoms with Crippen molar-refractivity contribution >= 4 is 5.91 Å². The Morgan fingerprint density at radius 1 is 1.54 bits per heavy atom. The zero-order chi connectivity index (χ0) is 9.73. The maximum atomic E-state index is 10.8. The van der Waals surface area contributed by atoms with Gasteiger partial charge < -0.3 is 20.9 Å². The number of nitrogens with one attached hydrogen (secondary N) is 1. The Bertz CT molecular complexity index is 178. The highest BCUT2D eigenvalue weighted by Crippen LogP contribution is 2.18. The fraction of sp³-hybridized carbons (Fsp3) is 0.875. The van der Waals surface area contributed by atoms with Gasteiger partial charge in [-0.2, -0.15) is 0 Å². The standard InChI is InChI=1S/C8H16N2O3/c9-5-7(11)10-6-8(12)1-3-13-4-2-8/h12H,1-6,9H2,(H,10,11). The average Bonchev–Trinajstić information content (AvgIpc) is 2.15. The number of amides is 1. The monoisotopic (exact) mass is 188 g/mol. The summed E-state index contributed by atoms with van der Waals surface area (Å²) in [5.41, 5.74) is 4.31. The second-order valence-corrected chi connectivity index (χ2v) is 3.32. The lowest BCUT2D eigenvalue weighted by molar-refractivity contribution is -0.122. The first-order valence-corrected chi connectivity index (χ1v) is 4.43. The second-order valence-electron chi connectivity index (χ2n) is 3.32. The third kappa shape index (κ3) is 3.30. The SMILES string of the molecule is NCC(=O)NCC1(O)CCOCC1. The lowest BCUT2D eigenvalue weighted by Gasteiger charge is -2.31. The Labute approximate surface area is 77.2 Å². The Morgan fingerprint density at radius 2 is 2.15 bits per heavy atom. The maximum Gasteiger partial charge on any atom is 0.233 e. The second kappa shape index (κ2) is 4.55. The van der Waals surface area contributed by atoms with Gasteiger partial charge in [0, 0.05) is 32.6 Å². The van der Waals surface area contributed by atoms with Gasteiger partial charge >= 0.3 is 0 Å². The molecule has 1 aliphatic heterocycles. The molecule has 4 N–H and O–H groups in total. The molecule has 0 spiro atoms. The first kappa shape index (κ1) is 10.4. The maximum absolute atomic E-state index is 10.8. The van der Waals surface area contributed by atoms with E-state index in [4.69, 9.17) is 10.5 Å². The van der Waals surface area contributed by atoms with E-state index < -0.39 is 5.60 Å². The molecule has 0 atom stereocenters. The van der Waals surface area contributed by atoms with Gasteiger partial charge in [0.2, 0.25) is 5.91 Å². The van der Waals surface area contributed by atoms with Gasteiger partial charge in [0.05, 0.1) is 12.1 Å². The van der Waals surface area contributed by atoms with Gasteiger partial charge in [-0.05, 0) is 0 Å². The Morgan fingerprint density at radius 3 is 2.69 bits per heavy atom. The van der Waals surface area contributed by atoms with Crippen LogP contribution in [0.3, 0.4) is 0 Å². The number of rotatable bonds is 3. The highest BCUT2D eigenvalue weighted by atomic mass is 16.5. The topological polar surface area (TPSA) is 84.6 Å². The van der Waals surface area contributed by atoms with E-state index in [0.29, 0.717) is 26.1 Å². The molecule has 0 aliphatic carbocycles. The molecule has 5 nitrogen and oxygen atoms in total. The summed E-state index contributed by atoms with van der Waals surface area (Å²) in [6.45, 7) is 1.34. The third-order valence-electron chi connectivity index (χ3n) is 2.22. The lowest BCUT2D eigenvalue weighted by Crippen LogP contribution is -2.47. The molecule has 0 bridgehead atoms. The summed E-state index contributed by atoms with van der Waals surface area (Å²) < 4.78 is 5.10. The number of aliphatic hydroxyl groups is 1. The van der Waals surface area contributed by atoms with Gasteiger partial charge in [-0.15, -0.1) is 0 Å². The van der Waals surface area contributed by atoms with Crippen molar-refractivity contribution in [1.29, 1.82) is 0 Å². The smallest absolute Gasteiger partial charge is 0.233 e. The number of ether oxygens (including phenoxy) is 1.